The first-order valence-electron chi connectivity index (χ1n) is 9.37. The lowest BCUT2D eigenvalue weighted by Gasteiger charge is -2.10. The molecule has 0 radical (unpaired) electrons. The van der Waals surface area contributed by atoms with Gasteiger partial charge in [0.15, 0.2) is 5.82 Å². The Morgan fingerprint density at radius 2 is 2.03 bits per heavy atom. The van der Waals surface area contributed by atoms with Gasteiger partial charge in [0, 0.05) is 37.6 Å². The molecule has 0 bridgehead atoms. The molecule has 1 aromatic heterocycles. The maximum atomic E-state index is 12.9. The molecule has 0 amide bonds. The predicted octanol–water partition coefficient (Wildman–Crippen LogP) is 6.51. The zero-order valence-corrected chi connectivity index (χ0v) is 18.6. The highest BCUT2D eigenvalue weighted by Crippen LogP contribution is 2.35. The molecule has 0 saturated carbocycles. The zero-order chi connectivity index (χ0) is 22.6. The van der Waals surface area contributed by atoms with Gasteiger partial charge in [-0.15, -0.1) is 0 Å². The molecule has 5 nitrogen and oxygen atoms in total. The average molecular weight is 469 g/mol. The fourth-order valence-electron chi connectivity index (χ4n) is 2.58. The van der Waals surface area contributed by atoms with E-state index in [0.717, 1.165) is 35.8 Å². The molecular formula is C21H20ClF3N4OS. The number of nitrogens with zero attached hydrogens (tertiary/aromatic N) is 4. The van der Waals surface area contributed by atoms with Crippen molar-refractivity contribution in [1.29, 1.82) is 0 Å². The van der Waals surface area contributed by atoms with Gasteiger partial charge in [-0.1, -0.05) is 29.8 Å². The van der Waals surface area contributed by atoms with Gasteiger partial charge >= 0.3 is 6.18 Å². The summed E-state index contributed by atoms with van der Waals surface area (Å²) in [5, 5.41) is 0.707. The van der Waals surface area contributed by atoms with E-state index in [1.165, 1.54) is 6.07 Å². The number of hydrogen-bond donors (Lipinski definition) is 0. The molecule has 3 aromatic rings. The van der Waals surface area contributed by atoms with Crippen molar-refractivity contribution in [1.82, 2.24) is 14.3 Å². The van der Waals surface area contributed by atoms with Gasteiger partial charge in [-0.05, 0) is 37.1 Å². The molecule has 0 N–H and O–H groups in total. The Bertz CT molecular complexity index is 1080. The number of hydrogen-bond acceptors (Lipinski definition) is 5. The monoisotopic (exact) mass is 468 g/mol. The summed E-state index contributed by atoms with van der Waals surface area (Å²) in [5.41, 5.74) is 1.20. The van der Waals surface area contributed by atoms with E-state index in [2.05, 4.69) is 14.3 Å². The molecule has 31 heavy (non-hydrogen) atoms. The number of ether oxygens (including phenoxy) is 1. The third kappa shape index (κ3) is 6.18. The van der Waals surface area contributed by atoms with Gasteiger partial charge in [0.1, 0.15) is 5.75 Å². The summed E-state index contributed by atoms with van der Waals surface area (Å²) in [6.45, 7) is 4.69. The molecular weight excluding hydrogens is 449 g/mol. The molecule has 0 spiro atoms. The Morgan fingerprint density at radius 3 is 2.74 bits per heavy atom. The average Bonchev–Trinajstić information content (AvgIpc) is 3.15. The Labute approximate surface area is 187 Å². The van der Waals surface area contributed by atoms with Gasteiger partial charge in [0.05, 0.1) is 22.6 Å². The van der Waals surface area contributed by atoms with Crippen LogP contribution in [0.2, 0.25) is 5.02 Å². The lowest BCUT2D eigenvalue weighted by molar-refractivity contribution is -0.137. The molecule has 0 atom stereocenters. The van der Waals surface area contributed by atoms with E-state index in [9.17, 15) is 13.2 Å². The molecule has 0 saturated heterocycles. The van der Waals surface area contributed by atoms with Crippen LogP contribution in [0.3, 0.4) is 0 Å². The van der Waals surface area contributed by atoms with Crippen molar-refractivity contribution >= 4 is 35.2 Å². The zero-order valence-electron chi connectivity index (χ0n) is 17.1. The SMILES string of the molecule is CCN(C)/C=N\c1cc(C)c(Oc2nc(Cc3cccc(C(F)(F)F)c3)ns2)cc1Cl. The first kappa shape index (κ1) is 23.0. The number of rotatable bonds is 7. The Morgan fingerprint density at radius 1 is 1.26 bits per heavy atom. The Balaban J connectivity index is 1.73. The van der Waals surface area contributed by atoms with Crippen molar-refractivity contribution in [2.75, 3.05) is 13.6 Å². The van der Waals surface area contributed by atoms with Crippen molar-refractivity contribution in [3.63, 3.8) is 0 Å². The predicted molar refractivity (Wildman–Crippen MR) is 117 cm³/mol. The number of alkyl halides is 3. The quantitative estimate of drug-likeness (QED) is 0.293. The van der Waals surface area contributed by atoms with Crippen molar-refractivity contribution in [2.24, 2.45) is 4.99 Å². The molecule has 0 fully saturated rings. The minimum Gasteiger partial charge on any atom is -0.430 e. The van der Waals surface area contributed by atoms with Crippen LogP contribution >= 0.6 is 23.1 Å². The van der Waals surface area contributed by atoms with Crippen LogP contribution in [0.25, 0.3) is 0 Å². The molecule has 0 aliphatic carbocycles. The fraction of sp³-hybridized carbons (Fsp3) is 0.286. The van der Waals surface area contributed by atoms with E-state index in [0.29, 0.717) is 27.8 Å². The Hall–Kier alpha value is -2.65. The maximum absolute atomic E-state index is 12.9. The van der Waals surface area contributed by atoms with Gasteiger partial charge in [0.2, 0.25) is 0 Å². The van der Waals surface area contributed by atoms with Crippen LogP contribution in [0.5, 0.6) is 10.9 Å². The van der Waals surface area contributed by atoms with E-state index in [4.69, 9.17) is 16.3 Å². The summed E-state index contributed by atoms with van der Waals surface area (Å²) in [5.74, 6) is 0.890. The molecule has 1 heterocycles. The van der Waals surface area contributed by atoms with Crippen LogP contribution in [-0.2, 0) is 12.6 Å². The topological polar surface area (TPSA) is 50.6 Å². The Kier molecular flexibility index (Phi) is 7.17. The minimum atomic E-state index is -4.39. The first-order valence-corrected chi connectivity index (χ1v) is 10.5. The molecule has 0 unspecified atom stereocenters. The van der Waals surface area contributed by atoms with E-state index < -0.39 is 11.7 Å². The number of benzene rings is 2. The normalized spacial score (nSPS) is 11.8. The summed E-state index contributed by atoms with van der Waals surface area (Å²) in [6, 6.07) is 8.57. The fourth-order valence-corrected chi connectivity index (χ4v) is 3.35. The van der Waals surface area contributed by atoms with Gasteiger partial charge < -0.3 is 9.64 Å². The van der Waals surface area contributed by atoms with Gasteiger partial charge in [0.25, 0.3) is 5.19 Å². The van der Waals surface area contributed by atoms with Gasteiger partial charge in [-0.3, -0.25) is 0 Å². The second kappa shape index (κ2) is 9.65. The number of aliphatic imine (C=N–C) groups is 1. The summed E-state index contributed by atoms with van der Waals surface area (Å²) >= 11 is 7.35. The van der Waals surface area contributed by atoms with Crippen LogP contribution in [-0.4, -0.2) is 34.2 Å². The van der Waals surface area contributed by atoms with Gasteiger partial charge in [-0.25, -0.2) is 4.99 Å². The standard InChI is InChI=1S/C21H20ClF3N4OS/c1-4-29(3)12-26-17-8-13(2)18(11-16(17)22)30-20-27-19(28-31-20)10-14-6-5-7-15(9-14)21(23,24)25/h5-9,11-12H,4,10H2,1-3H3/b26-12-. The van der Waals surface area contributed by atoms with Crippen molar-refractivity contribution in [3.8, 4) is 10.9 Å². The van der Waals surface area contributed by atoms with E-state index in [1.54, 1.807) is 18.5 Å². The van der Waals surface area contributed by atoms with E-state index >= 15 is 0 Å². The van der Waals surface area contributed by atoms with E-state index in [1.807, 2.05) is 31.9 Å². The van der Waals surface area contributed by atoms with Crippen LogP contribution < -0.4 is 4.74 Å². The highest BCUT2D eigenvalue weighted by atomic mass is 35.5. The molecule has 2 aromatic carbocycles. The third-order valence-corrected chi connectivity index (χ3v) is 5.34. The van der Waals surface area contributed by atoms with Crippen molar-refractivity contribution in [3.05, 3.63) is 63.9 Å². The third-order valence-electron chi connectivity index (χ3n) is 4.40. The van der Waals surface area contributed by atoms with E-state index in [-0.39, 0.29) is 11.6 Å². The number of halogens is 4. The summed E-state index contributed by atoms with van der Waals surface area (Å²) in [6.07, 6.45) is -2.52. The highest BCUT2D eigenvalue weighted by molar-refractivity contribution is 7.07. The summed E-state index contributed by atoms with van der Waals surface area (Å²) < 4.78 is 48.7. The molecule has 164 valence electrons. The number of aryl methyl sites for hydroxylation is 1. The van der Waals surface area contributed by atoms with Crippen LogP contribution in [0.1, 0.15) is 29.4 Å². The van der Waals surface area contributed by atoms with Crippen LogP contribution in [0.15, 0.2) is 41.4 Å². The number of aromatic nitrogens is 2. The summed E-state index contributed by atoms with van der Waals surface area (Å²) in [4.78, 5) is 10.6. The second-order valence-corrected chi connectivity index (χ2v) is 7.96. The maximum Gasteiger partial charge on any atom is 0.416 e. The van der Waals surface area contributed by atoms with Crippen molar-refractivity contribution in [2.45, 2.75) is 26.4 Å². The smallest absolute Gasteiger partial charge is 0.416 e. The lowest BCUT2D eigenvalue weighted by Crippen LogP contribution is -2.14. The minimum absolute atomic E-state index is 0.169. The molecule has 10 heteroatoms. The lowest BCUT2D eigenvalue weighted by atomic mass is 10.1. The largest absolute Gasteiger partial charge is 0.430 e. The molecule has 0 aliphatic heterocycles. The second-order valence-electron chi connectivity index (χ2n) is 6.84. The highest BCUT2D eigenvalue weighted by Gasteiger charge is 2.30. The van der Waals surface area contributed by atoms with Crippen LogP contribution in [0.4, 0.5) is 18.9 Å². The first-order chi connectivity index (χ1) is 14.7. The van der Waals surface area contributed by atoms with Crippen LogP contribution in [0, 0.1) is 6.92 Å². The van der Waals surface area contributed by atoms with Crippen molar-refractivity contribution < 1.29 is 17.9 Å². The molecule has 0 aliphatic rings. The van der Waals surface area contributed by atoms with Gasteiger partial charge in [-0.2, -0.15) is 22.5 Å². The molecule has 3 rings (SSSR count). The summed E-state index contributed by atoms with van der Waals surface area (Å²) in [7, 11) is 1.91.